The van der Waals surface area contributed by atoms with E-state index in [4.69, 9.17) is 12.8 Å². The van der Waals surface area contributed by atoms with Gasteiger partial charge in [0, 0.05) is 0 Å². The molecular formula is C16H24. The average Bonchev–Trinajstić information content (AvgIpc) is 2.16. The van der Waals surface area contributed by atoms with Gasteiger partial charge in [-0.25, -0.2) is 0 Å². The van der Waals surface area contributed by atoms with Crippen LogP contribution in [0, 0.1) is 36.5 Å². The largest absolute Gasteiger partial charge is 0.115 e. The molecule has 88 valence electrons. The monoisotopic (exact) mass is 216 g/mol. The van der Waals surface area contributed by atoms with Gasteiger partial charge in [-0.15, -0.1) is 12.8 Å². The van der Waals surface area contributed by atoms with E-state index in [1.54, 1.807) is 0 Å². The summed E-state index contributed by atoms with van der Waals surface area (Å²) in [5, 5.41) is 0. The second-order valence-corrected chi connectivity index (χ2v) is 4.58. The summed E-state index contributed by atoms with van der Waals surface area (Å²) >= 11 is 0. The van der Waals surface area contributed by atoms with Crippen molar-refractivity contribution in [2.45, 2.75) is 41.0 Å². The zero-order chi connectivity index (χ0) is 13.1. The van der Waals surface area contributed by atoms with Gasteiger partial charge in [0.1, 0.15) is 0 Å². The molecule has 0 rings (SSSR count). The lowest BCUT2D eigenvalue weighted by atomic mass is 10.1. The number of hydrogen-bond donors (Lipinski definition) is 0. The van der Waals surface area contributed by atoms with Crippen LogP contribution in [0.4, 0.5) is 0 Å². The first-order valence-electron chi connectivity index (χ1n) is 5.62. The molecule has 0 radical (unpaired) electrons. The maximum atomic E-state index is 5.10. The Bertz CT molecular complexity index is 300. The molecule has 0 amide bonds. The topological polar surface area (TPSA) is 0 Å². The third-order valence-corrected chi connectivity index (χ3v) is 1.67. The summed E-state index contributed by atoms with van der Waals surface area (Å²) < 4.78 is 0. The minimum Gasteiger partial charge on any atom is -0.115 e. The van der Waals surface area contributed by atoms with Crippen molar-refractivity contribution in [3.63, 3.8) is 0 Å². The molecule has 0 heterocycles. The molecule has 0 aromatic carbocycles. The molecule has 0 aromatic heterocycles. The van der Waals surface area contributed by atoms with Gasteiger partial charge in [0.25, 0.3) is 0 Å². The van der Waals surface area contributed by atoms with Gasteiger partial charge in [-0.3, -0.25) is 0 Å². The Morgan fingerprint density at radius 2 is 1.69 bits per heavy atom. The highest BCUT2D eigenvalue weighted by molar-refractivity contribution is 5.22. The highest BCUT2D eigenvalue weighted by atomic mass is 14.0. The lowest BCUT2D eigenvalue weighted by Crippen LogP contribution is -1.86. The molecule has 0 aromatic rings. The SMILES string of the molecule is C#CC(=C)CC(C)C.C#CC(C)=CC(C)C. The summed E-state index contributed by atoms with van der Waals surface area (Å²) in [4.78, 5) is 0. The quantitative estimate of drug-likeness (QED) is 0.612. The van der Waals surface area contributed by atoms with Gasteiger partial charge >= 0.3 is 0 Å². The maximum Gasteiger partial charge on any atom is -0.00507 e. The van der Waals surface area contributed by atoms with E-state index >= 15 is 0 Å². The zero-order valence-electron chi connectivity index (χ0n) is 11.3. The Morgan fingerprint density at radius 1 is 1.19 bits per heavy atom. The molecule has 0 nitrogen and oxygen atoms in total. The van der Waals surface area contributed by atoms with Gasteiger partial charge in [0.15, 0.2) is 0 Å². The van der Waals surface area contributed by atoms with Crippen molar-refractivity contribution in [2.75, 3.05) is 0 Å². The summed E-state index contributed by atoms with van der Waals surface area (Å²) in [6, 6.07) is 0. The van der Waals surface area contributed by atoms with Crippen molar-refractivity contribution in [2.24, 2.45) is 11.8 Å². The van der Waals surface area contributed by atoms with Crippen molar-refractivity contribution >= 4 is 0 Å². The van der Waals surface area contributed by atoms with E-state index in [2.05, 4.69) is 52.2 Å². The number of allylic oxidation sites excluding steroid dienone is 3. The van der Waals surface area contributed by atoms with Crippen LogP contribution in [0.25, 0.3) is 0 Å². The third kappa shape index (κ3) is 15.1. The van der Waals surface area contributed by atoms with Gasteiger partial charge in [0.2, 0.25) is 0 Å². The first-order valence-corrected chi connectivity index (χ1v) is 5.62. The predicted molar refractivity (Wildman–Crippen MR) is 74.9 cm³/mol. The first-order chi connectivity index (χ1) is 7.33. The van der Waals surface area contributed by atoms with Crippen LogP contribution in [0.3, 0.4) is 0 Å². The van der Waals surface area contributed by atoms with Crippen molar-refractivity contribution in [1.29, 1.82) is 0 Å². The number of hydrogen-bond acceptors (Lipinski definition) is 0. The fourth-order valence-corrected chi connectivity index (χ4v) is 1.10. The molecule has 0 saturated heterocycles. The lowest BCUT2D eigenvalue weighted by molar-refractivity contribution is 0.653. The van der Waals surface area contributed by atoms with Gasteiger partial charge in [0.05, 0.1) is 0 Å². The smallest absolute Gasteiger partial charge is 0.00507 e. The molecule has 16 heavy (non-hydrogen) atoms. The van der Waals surface area contributed by atoms with Crippen LogP contribution < -0.4 is 0 Å². The fourth-order valence-electron chi connectivity index (χ4n) is 1.10. The van der Waals surface area contributed by atoms with E-state index in [0.717, 1.165) is 17.6 Å². The lowest BCUT2D eigenvalue weighted by Gasteiger charge is -1.99. The van der Waals surface area contributed by atoms with Crippen LogP contribution in [0.15, 0.2) is 23.8 Å². The Labute approximate surface area is 102 Å². The molecule has 0 aliphatic rings. The van der Waals surface area contributed by atoms with Crippen molar-refractivity contribution in [3.8, 4) is 24.7 Å². The van der Waals surface area contributed by atoms with E-state index in [1.165, 1.54) is 0 Å². The molecule has 0 N–H and O–H groups in total. The molecular weight excluding hydrogens is 192 g/mol. The predicted octanol–water partition coefficient (Wildman–Crippen LogP) is 4.44. The Balaban J connectivity index is 0. The van der Waals surface area contributed by atoms with Gasteiger partial charge < -0.3 is 0 Å². The molecule has 0 bridgehead atoms. The first kappa shape index (κ1) is 17.0. The minimum absolute atomic E-state index is 0.575. The Hall–Kier alpha value is -1.40. The van der Waals surface area contributed by atoms with E-state index in [-0.39, 0.29) is 0 Å². The van der Waals surface area contributed by atoms with E-state index in [1.807, 2.05) is 6.92 Å². The third-order valence-electron chi connectivity index (χ3n) is 1.67. The molecule has 0 unspecified atom stereocenters. The van der Waals surface area contributed by atoms with Crippen LogP contribution in [0.1, 0.15) is 41.0 Å². The summed E-state index contributed by atoms with van der Waals surface area (Å²) in [6.07, 6.45) is 13.2. The molecule has 0 aliphatic heterocycles. The zero-order valence-corrected chi connectivity index (χ0v) is 11.3. The second kappa shape index (κ2) is 10.1. The summed E-state index contributed by atoms with van der Waals surface area (Å²) in [6.45, 7) is 14.1. The standard InChI is InChI=1S/2C8H12/c2*1-5-8(4)6-7(2)3/h1,6-7H,2-4H3;1,7H,4,6H2,2-3H3. The summed E-state index contributed by atoms with van der Waals surface area (Å²) in [7, 11) is 0. The molecule has 0 atom stereocenters. The average molecular weight is 216 g/mol. The van der Waals surface area contributed by atoms with Gasteiger partial charge in [-0.05, 0) is 36.3 Å². The minimum atomic E-state index is 0.575. The fraction of sp³-hybridized carbons (Fsp3) is 0.500. The van der Waals surface area contributed by atoms with E-state index in [0.29, 0.717) is 11.8 Å². The molecule has 0 aliphatic carbocycles. The van der Waals surface area contributed by atoms with Crippen LogP contribution in [0.2, 0.25) is 0 Å². The second-order valence-electron chi connectivity index (χ2n) is 4.58. The number of terminal acetylenes is 2. The normalized spacial score (nSPS) is 10.2. The Kier molecular flexibility index (Phi) is 10.8. The highest BCUT2D eigenvalue weighted by Gasteiger charge is 1.92. The molecule has 0 spiro atoms. The van der Waals surface area contributed by atoms with Gasteiger partial charge in [-0.1, -0.05) is 52.2 Å². The van der Waals surface area contributed by atoms with Crippen molar-refractivity contribution in [1.82, 2.24) is 0 Å². The molecule has 0 saturated carbocycles. The van der Waals surface area contributed by atoms with Crippen molar-refractivity contribution < 1.29 is 0 Å². The van der Waals surface area contributed by atoms with E-state index < -0.39 is 0 Å². The van der Waals surface area contributed by atoms with Crippen LogP contribution in [-0.4, -0.2) is 0 Å². The number of rotatable bonds is 3. The van der Waals surface area contributed by atoms with Crippen LogP contribution in [-0.2, 0) is 0 Å². The van der Waals surface area contributed by atoms with Crippen LogP contribution in [0.5, 0.6) is 0 Å². The molecule has 0 fully saturated rings. The summed E-state index contributed by atoms with van der Waals surface area (Å²) in [5.41, 5.74) is 1.93. The van der Waals surface area contributed by atoms with Crippen molar-refractivity contribution in [3.05, 3.63) is 23.8 Å². The maximum absolute atomic E-state index is 5.10. The van der Waals surface area contributed by atoms with E-state index in [9.17, 15) is 0 Å². The van der Waals surface area contributed by atoms with Gasteiger partial charge in [-0.2, -0.15) is 0 Å². The molecule has 0 heteroatoms. The van der Waals surface area contributed by atoms with Crippen LogP contribution >= 0.6 is 0 Å². The highest BCUT2D eigenvalue weighted by Crippen LogP contribution is 2.05. The Morgan fingerprint density at radius 3 is 1.81 bits per heavy atom. The summed E-state index contributed by atoms with van der Waals surface area (Å²) in [5.74, 6) is 6.27.